The first-order valence-corrected chi connectivity index (χ1v) is 6.75. The summed E-state index contributed by atoms with van der Waals surface area (Å²) in [4.78, 5) is 0. The number of rotatable bonds is 2. The van der Waals surface area contributed by atoms with Crippen LogP contribution in [0.25, 0.3) is 0 Å². The summed E-state index contributed by atoms with van der Waals surface area (Å²) in [5.74, 6) is 0. The Bertz CT molecular complexity index is 568. The van der Waals surface area contributed by atoms with Crippen LogP contribution in [0, 0.1) is 34.6 Å². The Labute approximate surface area is 115 Å². The van der Waals surface area contributed by atoms with Gasteiger partial charge in [-0.3, -0.25) is 0 Å². The van der Waals surface area contributed by atoms with Crippen LogP contribution in [0.3, 0.4) is 0 Å². The maximum atomic E-state index is 10.7. The van der Waals surface area contributed by atoms with Crippen molar-refractivity contribution in [3.8, 4) is 0 Å². The van der Waals surface area contributed by atoms with E-state index >= 15 is 0 Å². The molecule has 0 fully saturated rings. The van der Waals surface area contributed by atoms with Crippen molar-refractivity contribution in [1.29, 1.82) is 0 Å². The summed E-state index contributed by atoms with van der Waals surface area (Å²) in [5.41, 5.74) is 8.33. The van der Waals surface area contributed by atoms with Crippen molar-refractivity contribution in [2.45, 2.75) is 40.7 Å². The summed E-state index contributed by atoms with van der Waals surface area (Å²) in [5, 5.41) is 10.7. The fourth-order valence-corrected chi connectivity index (χ4v) is 2.74. The average molecular weight is 254 g/mol. The lowest BCUT2D eigenvalue weighted by Crippen LogP contribution is -2.09. The zero-order chi connectivity index (χ0) is 14.2. The van der Waals surface area contributed by atoms with E-state index in [9.17, 15) is 5.11 Å². The minimum Gasteiger partial charge on any atom is -0.384 e. The van der Waals surface area contributed by atoms with Gasteiger partial charge < -0.3 is 5.11 Å². The van der Waals surface area contributed by atoms with Gasteiger partial charge >= 0.3 is 0 Å². The molecular weight excluding hydrogens is 232 g/mol. The predicted octanol–water partition coefficient (Wildman–Crippen LogP) is 4.31. The van der Waals surface area contributed by atoms with Crippen LogP contribution in [-0.4, -0.2) is 5.11 Å². The van der Waals surface area contributed by atoms with Gasteiger partial charge in [-0.1, -0.05) is 30.3 Å². The van der Waals surface area contributed by atoms with Crippen LogP contribution in [0.15, 0.2) is 30.3 Å². The lowest BCUT2D eigenvalue weighted by molar-refractivity contribution is 0.218. The topological polar surface area (TPSA) is 20.2 Å². The average Bonchev–Trinajstić information content (AvgIpc) is 2.44. The fraction of sp³-hybridized carbons (Fsp3) is 0.333. The van der Waals surface area contributed by atoms with Gasteiger partial charge in [-0.25, -0.2) is 0 Å². The second kappa shape index (κ2) is 5.18. The Morgan fingerprint density at radius 2 is 1.11 bits per heavy atom. The summed E-state index contributed by atoms with van der Waals surface area (Å²) in [6, 6.07) is 9.87. The van der Waals surface area contributed by atoms with Gasteiger partial charge in [-0.05, 0) is 73.6 Å². The van der Waals surface area contributed by atoms with Gasteiger partial charge in [0.15, 0.2) is 0 Å². The number of aliphatic hydroxyl groups excluding tert-OH is 1. The van der Waals surface area contributed by atoms with Gasteiger partial charge in [0.2, 0.25) is 0 Å². The predicted molar refractivity (Wildman–Crippen MR) is 80.6 cm³/mol. The van der Waals surface area contributed by atoms with Crippen LogP contribution in [0.1, 0.15) is 45.0 Å². The molecule has 19 heavy (non-hydrogen) atoms. The molecule has 0 aliphatic rings. The first kappa shape index (κ1) is 13.8. The van der Waals surface area contributed by atoms with E-state index < -0.39 is 6.10 Å². The third-order valence-electron chi connectivity index (χ3n) is 4.45. The van der Waals surface area contributed by atoms with E-state index in [0.29, 0.717) is 0 Å². The summed E-state index contributed by atoms with van der Waals surface area (Å²) in [7, 11) is 0. The Morgan fingerprint density at radius 1 is 0.684 bits per heavy atom. The highest BCUT2D eigenvalue weighted by molar-refractivity contribution is 5.52. The summed E-state index contributed by atoms with van der Waals surface area (Å²) < 4.78 is 0. The number of aliphatic hydroxyl groups is 1. The van der Waals surface area contributed by atoms with Crippen LogP contribution in [0.4, 0.5) is 0 Å². The molecule has 100 valence electrons. The lowest BCUT2D eigenvalue weighted by Gasteiger charge is -2.22. The smallest absolute Gasteiger partial charge is 0.105 e. The van der Waals surface area contributed by atoms with Crippen LogP contribution in [0.5, 0.6) is 0 Å². The van der Waals surface area contributed by atoms with Crippen LogP contribution < -0.4 is 0 Å². The van der Waals surface area contributed by atoms with Gasteiger partial charge in [0.25, 0.3) is 0 Å². The molecule has 0 aliphatic carbocycles. The van der Waals surface area contributed by atoms with Crippen molar-refractivity contribution >= 4 is 0 Å². The summed E-state index contributed by atoms with van der Waals surface area (Å²) in [6.07, 6.45) is -0.542. The third kappa shape index (κ3) is 2.31. The Kier molecular flexibility index (Phi) is 3.77. The van der Waals surface area contributed by atoms with Crippen LogP contribution >= 0.6 is 0 Å². The first-order valence-electron chi connectivity index (χ1n) is 6.75. The first-order chi connectivity index (χ1) is 8.95. The third-order valence-corrected chi connectivity index (χ3v) is 4.45. The number of hydrogen-bond acceptors (Lipinski definition) is 1. The highest BCUT2D eigenvalue weighted by Gasteiger charge is 2.19. The molecule has 0 unspecified atom stereocenters. The Hall–Kier alpha value is -1.60. The SMILES string of the molecule is Cc1c(C)c(C)c([C@@H](O)c2ccccc2)c(C)c1C. The zero-order valence-corrected chi connectivity index (χ0v) is 12.4. The number of hydrogen-bond donors (Lipinski definition) is 1. The van der Waals surface area contributed by atoms with E-state index in [1.165, 1.54) is 27.8 Å². The molecule has 2 aromatic carbocycles. The van der Waals surface area contributed by atoms with E-state index in [2.05, 4.69) is 34.6 Å². The minimum absolute atomic E-state index is 0.542. The van der Waals surface area contributed by atoms with E-state index in [1.54, 1.807) is 0 Å². The second-order valence-electron chi connectivity index (χ2n) is 5.35. The largest absolute Gasteiger partial charge is 0.384 e. The van der Waals surface area contributed by atoms with Gasteiger partial charge in [0.05, 0.1) is 0 Å². The van der Waals surface area contributed by atoms with Gasteiger partial charge in [0, 0.05) is 0 Å². The molecule has 0 aliphatic heterocycles. The Balaban J connectivity index is 2.64. The van der Waals surface area contributed by atoms with Crippen molar-refractivity contribution in [3.05, 3.63) is 69.3 Å². The van der Waals surface area contributed by atoms with Gasteiger partial charge in [0.1, 0.15) is 6.10 Å². The molecule has 2 rings (SSSR count). The maximum absolute atomic E-state index is 10.7. The standard InChI is InChI=1S/C18H22O/c1-11-12(2)14(4)17(15(5)13(11)3)18(19)16-9-7-6-8-10-16/h6-10,18-19H,1-5H3/t18-/m0/s1. The van der Waals surface area contributed by atoms with Crippen molar-refractivity contribution in [2.24, 2.45) is 0 Å². The van der Waals surface area contributed by atoms with Crippen molar-refractivity contribution in [1.82, 2.24) is 0 Å². The Morgan fingerprint density at radius 3 is 1.58 bits per heavy atom. The summed E-state index contributed by atoms with van der Waals surface area (Å²) in [6.45, 7) is 10.6. The van der Waals surface area contributed by atoms with E-state index in [-0.39, 0.29) is 0 Å². The normalized spacial score (nSPS) is 12.5. The van der Waals surface area contributed by atoms with Crippen molar-refractivity contribution < 1.29 is 5.11 Å². The molecule has 1 nitrogen and oxygen atoms in total. The molecule has 1 atom stereocenters. The molecule has 0 spiro atoms. The molecule has 1 heteroatoms. The molecule has 0 bridgehead atoms. The van der Waals surface area contributed by atoms with E-state index in [1.807, 2.05) is 30.3 Å². The minimum atomic E-state index is -0.542. The van der Waals surface area contributed by atoms with Crippen molar-refractivity contribution in [2.75, 3.05) is 0 Å². The molecule has 0 radical (unpaired) electrons. The molecule has 0 heterocycles. The summed E-state index contributed by atoms with van der Waals surface area (Å²) >= 11 is 0. The quantitative estimate of drug-likeness (QED) is 0.846. The molecule has 0 amide bonds. The maximum Gasteiger partial charge on any atom is 0.105 e. The molecule has 0 saturated carbocycles. The molecule has 1 N–H and O–H groups in total. The monoisotopic (exact) mass is 254 g/mol. The van der Waals surface area contributed by atoms with E-state index in [0.717, 1.165) is 11.1 Å². The molecular formula is C18H22O. The zero-order valence-electron chi connectivity index (χ0n) is 12.4. The molecule has 0 aromatic heterocycles. The van der Waals surface area contributed by atoms with Gasteiger partial charge in [-0.15, -0.1) is 0 Å². The fourth-order valence-electron chi connectivity index (χ4n) is 2.74. The van der Waals surface area contributed by atoms with Crippen molar-refractivity contribution in [3.63, 3.8) is 0 Å². The van der Waals surface area contributed by atoms with Gasteiger partial charge in [-0.2, -0.15) is 0 Å². The van der Waals surface area contributed by atoms with E-state index in [4.69, 9.17) is 0 Å². The highest BCUT2D eigenvalue weighted by Crippen LogP contribution is 2.33. The van der Waals surface area contributed by atoms with Crippen LogP contribution in [0.2, 0.25) is 0 Å². The second-order valence-corrected chi connectivity index (χ2v) is 5.35. The molecule has 0 saturated heterocycles. The number of benzene rings is 2. The lowest BCUT2D eigenvalue weighted by atomic mass is 9.85. The molecule has 2 aromatic rings. The van der Waals surface area contributed by atoms with Crippen LogP contribution in [-0.2, 0) is 0 Å². The highest BCUT2D eigenvalue weighted by atomic mass is 16.3.